The molecule has 0 aromatic heterocycles. The molecule has 1 amide bonds. The van der Waals surface area contributed by atoms with Gasteiger partial charge in [0.25, 0.3) is 0 Å². The van der Waals surface area contributed by atoms with Crippen molar-refractivity contribution in [1.29, 1.82) is 0 Å². The third-order valence-corrected chi connectivity index (χ3v) is 3.42. The van der Waals surface area contributed by atoms with Crippen molar-refractivity contribution in [3.8, 4) is 0 Å². The maximum Gasteiger partial charge on any atom is 0.222 e. The number of carbonyl (C=O) groups is 1. The molecule has 0 saturated carbocycles. The number of nitrogens with one attached hydrogen (secondary N) is 1. The van der Waals surface area contributed by atoms with Gasteiger partial charge in [0, 0.05) is 33.4 Å². The second-order valence-corrected chi connectivity index (χ2v) is 5.00. The number of methoxy groups -OCH3 is 1. The van der Waals surface area contributed by atoms with Crippen LogP contribution in [0.15, 0.2) is 0 Å². The first-order chi connectivity index (χ1) is 8.09. The van der Waals surface area contributed by atoms with Crippen LogP contribution in [-0.4, -0.2) is 45.4 Å². The van der Waals surface area contributed by atoms with E-state index in [1.807, 2.05) is 0 Å². The Labute approximate surface area is 103 Å². The molecule has 1 rings (SSSR count). The number of hydrogen-bond donors (Lipinski definition) is 2. The van der Waals surface area contributed by atoms with Crippen LogP contribution in [0.2, 0.25) is 0 Å². The van der Waals surface area contributed by atoms with Crippen molar-refractivity contribution in [2.24, 2.45) is 11.1 Å². The van der Waals surface area contributed by atoms with E-state index in [-0.39, 0.29) is 17.4 Å². The van der Waals surface area contributed by atoms with E-state index in [0.29, 0.717) is 19.5 Å². The Balaban J connectivity index is 2.27. The third-order valence-electron chi connectivity index (χ3n) is 3.42. The number of hydrogen-bond acceptors (Lipinski definition) is 4. The molecule has 1 unspecified atom stereocenters. The Morgan fingerprint density at radius 1 is 1.53 bits per heavy atom. The highest BCUT2D eigenvalue weighted by atomic mass is 16.5. The van der Waals surface area contributed by atoms with Gasteiger partial charge in [0.2, 0.25) is 5.91 Å². The van der Waals surface area contributed by atoms with Crippen molar-refractivity contribution < 1.29 is 14.3 Å². The molecule has 5 heteroatoms. The molecule has 0 aromatic rings. The second-order valence-electron chi connectivity index (χ2n) is 5.00. The lowest BCUT2D eigenvalue weighted by atomic mass is 9.82. The molecule has 0 bridgehead atoms. The van der Waals surface area contributed by atoms with Crippen LogP contribution in [0, 0.1) is 5.41 Å². The number of amides is 1. The highest BCUT2D eigenvalue weighted by molar-refractivity contribution is 5.76. The van der Waals surface area contributed by atoms with E-state index < -0.39 is 0 Å². The van der Waals surface area contributed by atoms with Gasteiger partial charge in [0.15, 0.2) is 0 Å². The van der Waals surface area contributed by atoms with Crippen LogP contribution in [0.4, 0.5) is 0 Å². The minimum absolute atomic E-state index is 0.00927. The molecular weight excluding hydrogens is 220 g/mol. The van der Waals surface area contributed by atoms with Gasteiger partial charge in [-0.05, 0) is 18.3 Å². The lowest BCUT2D eigenvalue weighted by Gasteiger charge is -2.33. The summed E-state index contributed by atoms with van der Waals surface area (Å²) in [5.41, 5.74) is 5.64. The molecule has 3 N–H and O–H groups in total. The van der Waals surface area contributed by atoms with Gasteiger partial charge < -0.3 is 20.5 Å². The second kappa shape index (κ2) is 6.93. The van der Waals surface area contributed by atoms with Gasteiger partial charge in [0.1, 0.15) is 0 Å². The Hall–Kier alpha value is -0.650. The Morgan fingerprint density at radius 2 is 2.18 bits per heavy atom. The smallest absolute Gasteiger partial charge is 0.222 e. The Kier molecular flexibility index (Phi) is 5.88. The van der Waals surface area contributed by atoms with Gasteiger partial charge in [-0.3, -0.25) is 4.79 Å². The summed E-state index contributed by atoms with van der Waals surface area (Å²) in [6.45, 7) is 4.84. The summed E-state index contributed by atoms with van der Waals surface area (Å²) in [5, 5.41) is 2.96. The molecule has 0 spiro atoms. The van der Waals surface area contributed by atoms with E-state index in [0.717, 1.165) is 26.1 Å². The van der Waals surface area contributed by atoms with Crippen LogP contribution in [-0.2, 0) is 14.3 Å². The lowest BCUT2D eigenvalue weighted by molar-refractivity contribution is -0.124. The molecule has 17 heavy (non-hydrogen) atoms. The van der Waals surface area contributed by atoms with Gasteiger partial charge >= 0.3 is 0 Å². The van der Waals surface area contributed by atoms with Crippen molar-refractivity contribution in [2.45, 2.75) is 32.3 Å². The molecular formula is C12H24N2O3. The molecule has 1 atom stereocenters. The standard InChI is InChI=1S/C12H24N2O3/c1-12(3-5-17-6-4-12)9-14-11(15)7-10(8-13)16-2/h10H,3-9,13H2,1-2H3,(H,14,15). The van der Waals surface area contributed by atoms with Crippen molar-refractivity contribution in [3.63, 3.8) is 0 Å². The summed E-state index contributed by atoms with van der Waals surface area (Å²) >= 11 is 0. The number of rotatable bonds is 6. The largest absolute Gasteiger partial charge is 0.381 e. The summed E-state index contributed by atoms with van der Waals surface area (Å²) in [6, 6.07) is 0. The van der Waals surface area contributed by atoms with Gasteiger partial charge in [-0.2, -0.15) is 0 Å². The SMILES string of the molecule is COC(CN)CC(=O)NCC1(C)CCOCC1. The summed E-state index contributed by atoms with van der Waals surface area (Å²) in [5.74, 6) is 0.00927. The topological polar surface area (TPSA) is 73.6 Å². The summed E-state index contributed by atoms with van der Waals surface area (Å²) in [4.78, 5) is 11.7. The van der Waals surface area contributed by atoms with Crippen molar-refractivity contribution in [3.05, 3.63) is 0 Å². The predicted octanol–water partition coefficient (Wildman–Crippen LogP) is 0.283. The Morgan fingerprint density at radius 3 is 2.71 bits per heavy atom. The first-order valence-corrected chi connectivity index (χ1v) is 6.17. The first kappa shape index (κ1) is 14.4. The van der Waals surface area contributed by atoms with Crippen LogP contribution in [0.3, 0.4) is 0 Å². The summed E-state index contributed by atoms with van der Waals surface area (Å²) < 4.78 is 10.4. The van der Waals surface area contributed by atoms with Crippen LogP contribution in [0.25, 0.3) is 0 Å². The van der Waals surface area contributed by atoms with Crippen LogP contribution in [0.1, 0.15) is 26.2 Å². The van der Waals surface area contributed by atoms with Crippen molar-refractivity contribution in [1.82, 2.24) is 5.32 Å². The normalized spacial score (nSPS) is 20.9. The molecule has 1 fully saturated rings. The van der Waals surface area contributed by atoms with E-state index in [1.54, 1.807) is 7.11 Å². The van der Waals surface area contributed by atoms with E-state index in [2.05, 4.69) is 12.2 Å². The Bertz CT molecular complexity index is 236. The van der Waals surface area contributed by atoms with Gasteiger partial charge in [-0.25, -0.2) is 0 Å². The quantitative estimate of drug-likeness (QED) is 0.704. The highest BCUT2D eigenvalue weighted by Crippen LogP contribution is 2.28. The van der Waals surface area contributed by atoms with E-state index in [1.165, 1.54) is 0 Å². The van der Waals surface area contributed by atoms with Gasteiger partial charge in [0.05, 0.1) is 12.5 Å². The number of carbonyl (C=O) groups excluding carboxylic acids is 1. The predicted molar refractivity (Wildman–Crippen MR) is 65.6 cm³/mol. The lowest BCUT2D eigenvalue weighted by Crippen LogP contribution is -2.41. The van der Waals surface area contributed by atoms with Gasteiger partial charge in [-0.1, -0.05) is 6.92 Å². The zero-order valence-electron chi connectivity index (χ0n) is 10.8. The zero-order valence-corrected chi connectivity index (χ0v) is 10.8. The minimum Gasteiger partial charge on any atom is -0.381 e. The minimum atomic E-state index is -0.183. The van der Waals surface area contributed by atoms with Crippen LogP contribution >= 0.6 is 0 Å². The average molecular weight is 244 g/mol. The van der Waals surface area contributed by atoms with Crippen LogP contribution < -0.4 is 11.1 Å². The van der Waals surface area contributed by atoms with Gasteiger partial charge in [-0.15, -0.1) is 0 Å². The monoisotopic (exact) mass is 244 g/mol. The summed E-state index contributed by atoms with van der Waals surface area (Å²) in [6.07, 6.45) is 2.15. The zero-order chi connectivity index (χ0) is 12.7. The molecule has 5 nitrogen and oxygen atoms in total. The highest BCUT2D eigenvalue weighted by Gasteiger charge is 2.27. The molecule has 0 radical (unpaired) electrons. The first-order valence-electron chi connectivity index (χ1n) is 6.17. The molecule has 1 saturated heterocycles. The van der Waals surface area contributed by atoms with Crippen molar-refractivity contribution in [2.75, 3.05) is 33.4 Å². The van der Waals surface area contributed by atoms with E-state index >= 15 is 0 Å². The maximum absolute atomic E-state index is 11.7. The fourth-order valence-electron chi connectivity index (χ4n) is 1.89. The molecule has 0 aliphatic carbocycles. The van der Waals surface area contributed by atoms with Crippen LogP contribution in [0.5, 0.6) is 0 Å². The molecule has 1 heterocycles. The van der Waals surface area contributed by atoms with E-state index in [4.69, 9.17) is 15.2 Å². The average Bonchev–Trinajstić information content (AvgIpc) is 2.34. The van der Waals surface area contributed by atoms with E-state index in [9.17, 15) is 4.79 Å². The third kappa shape index (κ3) is 5.02. The molecule has 1 aliphatic rings. The summed E-state index contributed by atoms with van der Waals surface area (Å²) in [7, 11) is 1.57. The molecule has 1 aliphatic heterocycles. The number of ether oxygens (including phenoxy) is 2. The fraction of sp³-hybridized carbons (Fsp3) is 0.917. The van der Waals surface area contributed by atoms with Crippen molar-refractivity contribution >= 4 is 5.91 Å². The fourth-order valence-corrected chi connectivity index (χ4v) is 1.89. The maximum atomic E-state index is 11.7. The molecule has 100 valence electrons. The molecule has 0 aromatic carbocycles. The number of nitrogens with two attached hydrogens (primary N) is 1.